The zero-order valence-electron chi connectivity index (χ0n) is 13.3. The van der Waals surface area contributed by atoms with Gasteiger partial charge in [-0.2, -0.15) is 0 Å². The van der Waals surface area contributed by atoms with E-state index in [0.29, 0.717) is 18.6 Å². The highest BCUT2D eigenvalue weighted by Crippen LogP contribution is 2.40. The third kappa shape index (κ3) is 3.00. The Labute approximate surface area is 134 Å². The number of fused-ring (bicyclic) bond motifs is 1. The van der Waals surface area contributed by atoms with E-state index in [1.54, 1.807) is 0 Å². The molecular weight excluding hydrogens is 297 g/mol. The minimum absolute atomic E-state index is 0.0884. The van der Waals surface area contributed by atoms with E-state index in [9.17, 15) is 14.0 Å². The number of halogens is 1. The fourth-order valence-corrected chi connectivity index (χ4v) is 3.33. The van der Waals surface area contributed by atoms with E-state index >= 15 is 0 Å². The fourth-order valence-electron chi connectivity index (χ4n) is 3.33. The summed E-state index contributed by atoms with van der Waals surface area (Å²) in [5, 5.41) is 0. The van der Waals surface area contributed by atoms with Crippen molar-refractivity contribution in [2.75, 3.05) is 13.2 Å². The standard InChI is InChI=1S/C18H20FNO3/c1-11-9-15-16(10-12(11)2)18(22)20(17(15)21)7-8-23-14-5-3-13(19)4-6-14/h3-6,15-16H,7-10H2,1-2H3/t15-,16+. The van der Waals surface area contributed by atoms with Crippen LogP contribution in [0.2, 0.25) is 0 Å². The molecule has 2 aliphatic rings. The summed E-state index contributed by atoms with van der Waals surface area (Å²) in [7, 11) is 0. The number of allylic oxidation sites excluding steroid dienone is 2. The van der Waals surface area contributed by atoms with Crippen LogP contribution in [0.15, 0.2) is 35.4 Å². The molecule has 0 radical (unpaired) electrons. The molecule has 0 spiro atoms. The Morgan fingerprint density at radius 3 is 2.09 bits per heavy atom. The summed E-state index contributed by atoms with van der Waals surface area (Å²) < 4.78 is 18.3. The summed E-state index contributed by atoms with van der Waals surface area (Å²) in [5.74, 6) is -0.404. The van der Waals surface area contributed by atoms with Gasteiger partial charge in [0.2, 0.25) is 11.8 Å². The average Bonchev–Trinajstić information content (AvgIpc) is 2.75. The van der Waals surface area contributed by atoms with Gasteiger partial charge >= 0.3 is 0 Å². The SMILES string of the molecule is CC1=C(C)C[C@H]2C(=O)N(CCOc3ccc(F)cc3)C(=O)[C@H]2C1. The van der Waals surface area contributed by atoms with E-state index in [4.69, 9.17) is 4.74 Å². The van der Waals surface area contributed by atoms with Crippen molar-refractivity contribution in [3.8, 4) is 5.75 Å². The molecule has 3 rings (SSSR count). The molecule has 2 atom stereocenters. The van der Waals surface area contributed by atoms with Gasteiger partial charge in [-0.1, -0.05) is 11.1 Å². The molecule has 4 nitrogen and oxygen atoms in total. The lowest BCUT2D eigenvalue weighted by Crippen LogP contribution is -2.34. The van der Waals surface area contributed by atoms with Crippen molar-refractivity contribution in [3.05, 3.63) is 41.2 Å². The monoisotopic (exact) mass is 317 g/mol. The van der Waals surface area contributed by atoms with Crippen molar-refractivity contribution in [2.45, 2.75) is 26.7 Å². The van der Waals surface area contributed by atoms with Crippen molar-refractivity contribution in [1.29, 1.82) is 0 Å². The predicted octanol–water partition coefficient (Wildman–Crippen LogP) is 2.94. The number of benzene rings is 1. The number of amides is 2. The van der Waals surface area contributed by atoms with Crippen molar-refractivity contribution in [2.24, 2.45) is 11.8 Å². The first-order valence-corrected chi connectivity index (χ1v) is 7.86. The Hall–Kier alpha value is -2.17. The second-order valence-electron chi connectivity index (χ2n) is 6.31. The molecule has 0 saturated carbocycles. The van der Waals surface area contributed by atoms with Gasteiger partial charge in [0.25, 0.3) is 0 Å². The first kappa shape index (κ1) is 15.7. The number of hydrogen-bond donors (Lipinski definition) is 0. The van der Waals surface area contributed by atoms with Crippen LogP contribution in [0.5, 0.6) is 5.75 Å². The Balaban J connectivity index is 1.60. The highest BCUT2D eigenvalue weighted by molar-refractivity contribution is 6.05. The normalized spacial score (nSPS) is 24.2. The topological polar surface area (TPSA) is 46.6 Å². The van der Waals surface area contributed by atoms with Gasteiger partial charge in [0.05, 0.1) is 18.4 Å². The summed E-state index contributed by atoms with van der Waals surface area (Å²) in [6, 6.07) is 5.68. The van der Waals surface area contributed by atoms with Gasteiger partial charge < -0.3 is 4.74 Å². The second kappa shape index (κ2) is 6.14. The number of hydrogen-bond acceptors (Lipinski definition) is 3. The molecule has 1 fully saturated rings. The molecule has 5 heteroatoms. The van der Waals surface area contributed by atoms with Gasteiger partial charge in [-0.05, 0) is 51.0 Å². The Bertz CT molecular complexity index is 633. The van der Waals surface area contributed by atoms with Gasteiger partial charge in [-0.3, -0.25) is 14.5 Å². The molecular formula is C18H20FNO3. The Morgan fingerprint density at radius 2 is 1.57 bits per heavy atom. The smallest absolute Gasteiger partial charge is 0.233 e. The van der Waals surface area contributed by atoms with Crippen LogP contribution < -0.4 is 4.74 Å². The number of carbonyl (C=O) groups is 2. The van der Waals surface area contributed by atoms with E-state index in [2.05, 4.69) is 0 Å². The van der Waals surface area contributed by atoms with E-state index in [-0.39, 0.29) is 42.6 Å². The van der Waals surface area contributed by atoms with Crippen LogP contribution in [0.25, 0.3) is 0 Å². The average molecular weight is 317 g/mol. The molecule has 0 N–H and O–H groups in total. The third-order valence-corrected chi connectivity index (χ3v) is 4.83. The molecule has 2 amide bonds. The molecule has 1 saturated heterocycles. The minimum Gasteiger partial charge on any atom is -0.492 e. The number of imide groups is 1. The van der Waals surface area contributed by atoms with Crippen LogP contribution >= 0.6 is 0 Å². The lowest BCUT2D eigenvalue weighted by Gasteiger charge is -2.23. The predicted molar refractivity (Wildman–Crippen MR) is 83.2 cm³/mol. The van der Waals surface area contributed by atoms with Crippen LogP contribution in [0, 0.1) is 17.7 Å². The maximum Gasteiger partial charge on any atom is 0.233 e. The third-order valence-electron chi connectivity index (χ3n) is 4.83. The molecule has 0 aromatic heterocycles. The Kier molecular flexibility index (Phi) is 4.20. The summed E-state index contributed by atoms with van der Waals surface area (Å²) >= 11 is 0. The molecule has 1 aliphatic heterocycles. The van der Waals surface area contributed by atoms with E-state index in [1.165, 1.54) is 40.3 Å². The molecule has 0 bridgehead atoms. The van der Waals surface area contributed by atoms with Crippen molar-refractivity contribution in [1.82, 2.24) is 4.90 Å². The summed E-state index contributed by atoms with van der Waals surface area (Å²) in [4.78, 5) is 26.3. The van der Waals surface area contributed by atoms with E-state index in [1.807, 2.05) is 13.8 Å². The maximum absolute atomic E-state index is 12.8. The van der Waals surface area contributed by atoms with Gasteiger partial charge in [0.15, 0.2) is 0 Å². The van der Waals surface area contributed by atoms with Crippen LogP contribution in [-0.4, -0.2) is 29.9 Å². The van der Waals surface area contributed by atoms with Gasteiger partial charge in [-0.15, -0.1) is 0 Å². The van der Waals surface area contributed by atoms with E-state index < -0.39 is 0 Å². The zero-order valence-corrected chi connectivity index (χ0v) is 13.3. The van der Waals surface area contributed by atoms with Crippen LogP contribution in [0.4, 0.5) is 4.39 Å². The maximum atomic E-state index is 12.8. The number of rotatable bonds is 4. The molecule has 1 aliphatic carbocycles. The number of carbonyl (C=O) groups excluding carboxylic acids is 2. The molecule has 122 valence electrons. The molecule has 1 heterocycles. The summed E-state index contributed by atoms with van der Waals surface area (Å²) in [6.45, 7) is 4.52. The van der Waals surface area contributed by atoms with Crippen LogP contribution in [-0.2, 0) is 9.59 Å². The van der Waals surface area contributed by atoms with Crippen LogP contribution in [0.3, 0.4) is 0 Å². The van der Waals surface area contributed by atoms with Gasteiger partial charge in [-0.25, -0.2) is 4.39 Å². The highest BCUT2D eigenvalue weighted by atomic mass is 19.1. The molecule has 1 aromatic rings. The molecule has 0 unspecified atom stereocenters. The Morgan fingerprint density at radius 1 is 1.04 bits per heavy atom. The van der Waals surface area contributed by atoms with Crippen molar-refractivity contribution >= 4 is 11.8 Å². The largest absolute Gasteiger partial charge is 0.492 e. The quantitative estimate of drug-likeness (QED) is 0.633. The molecule has 23 heavy (non-hydrogen) atoms. The van der Waals surface area contributed by atoms with Gasteiger partial charge in [0.1, 0.15) is 18.2 Å². The highest BCUT2D eigenvalue weighted by Gasteiger charge is 2.48. The molecule has 1 aromatic carbocycles. The fraction of sp³-hybridized carbons (Fsp3) is 0.444. The lowest BCUT2D eigenvalue weighted by molar-refractivity contribution is -0.140. The number of ether oxygens (including phenoxy) is 1. The van der Waals surface area contributed by atoms with E-state index in [0.717, 1.165) is 0 Å². The first-order valence-electron chi connectivity index (χ1n) is 7.86. The number of nitrogens with zero attached hydrogens (tertiary/aromatic N) is 1. The zero-order chi connectivity index (χ0) is 16.6. The summed E-state index contributed by atoms with van der Waals surface area (Å²) in [6.07, 6.45) is 1.35. The lowest BCUT2D eigenvalue weighted by atomic mass is 9.78. The van der Waals surface area contributed by atoms with Crippen molar-refractivity contribution in [3.63, 3.8) is 0 Å². The van der Waals surface area contributed by atoms with Crippen LogP contribution in [0.1, 0.15) is 26.7 Å². The second-order valence-corrected chi connectivity index (χ2v) is 6.31. The van der Waals surface area contributed by atoms with Crippen molar-refractivity contribution < 1.29 is 18.7 Å². The minimum atomic E-state index is -0.329. The van der Waals surface area contributed by atoms with Gasteiger partial charge in [0, 0.05) is 0 Å². The first-order chi connectivity index (χ1) is 11.0. The number of likely N-dealkylation sites (tertiary alicyclic amines) is 1. The summed E-state index contributed by atoms with van der Waals surface area (Å²) in [5.41, 5.74) is 2.44.